The van der Waals surface area contributed by atoms with Gasteiger partial charge in [-0.3, -0.25) is 4.79 Å². The molecule has 1 fully saturated rings. The summed E-state index contributed by atoms with van der Waals surface area (Å²) in [5.41, 5.74) is 1.91. The molecule has 0 saturated heterocycles. The molecule has 2 unspecified atom stereocenters. The maximum atomic E-state index is 13.1. The first kappa shape index (κ1) is 20.8. The highest BCUT2D eigenvalue weighted by atomic mass is 32.2. The number of rotatable bonds is 6. The highest BCUT2D eigenvalue weighted by Crippen LogP contribution is 2.26. The van der Waals surface area contributed by atoms with Gasteiger partial charge in [-0.2, -0.15) is 0 Å². The van der Waals surface area contributed by atoms with E-state index in [1.165, 1.54) is 12.1 Å². The molecule has 3 N–H and O–H groups in total. The standard InChI is InChI=1S/C23H26FN3O2S/c1-15(16-2-6-19(24)7-3-16)26-23(28)17-4-8-20(9-5-17)27-30(29)21-10-11-22-18(14-21)12-13-25-22/h2-3,6-7,10-15,17,20,25,27H,4-5,8-9H2,1H3,(H,26,28). The van der Waals surface area contributed by atoms with E-state index < -0.39 is 11.0 Å². The number of hydrogen-bond donors (Lipinski definition) is 3. The van der Waals surface area contributed by atoms with Crippen LogP contribution in [0.25, 0.3) is 10.9 Å². The lowest BCUT2D eigenvalue weighted by atomic mass is 9.85. The number of nitrogens with one attached hydrogen (secondary N) is 3. The highest BCUT2D eigenvalue weighted by molar-refractivity contribution is 7.83. The SMILES string of the molecule is CC(NC(=O)C1CCC(NS(=O)c2ccc3[nH]ccc3c2)CC1)c1ccc(F)cc1. The van der Waals surface area contributed by atoms with Gasteiger partial charge in [0, 0.05) is 29.1 Å². The van der Waals surface area contributed by atoms with E-state index in [4.69, 9.17) is 0 Å². The minimum Gasteiger partial charge on any atom is -0.361 e. The van der Waals surface area contributed by atoms with Crippen molar-refractivity contribution in [2.45, 2.75) is 49.6 Å². The number of carbonyl (C=O) groups is 1. The van der Waals surface area contributed by atoms with Gasteiger partial charge in [0.05, 0.1) is 10.9 Å². The number of hydrogen-bond acceptors (Lipinski definition) is 2. The van der Waals surface area contributed by atoms with E-state index in [-0.39, 0.29) is 29.7 Å². The number of carbonyl (C=O) groups excluding carboxylic acids is 1. The Bertz CT molecular complexity index is 1040. The summed E-state index contributed by atoms with van der Waals surface area (Å²) in [6.45, 7) is 1.91. The van der Waals surface area contributed by atoms with Crippen LogP contribution in [0, 0.1) is 11.7 Å². The molecule has 30 heavy (non-hydrogen) atoms. The molecule has 1 amide bonds. The van der Waals surface area contributed by atoms with Crippen LogP contribution in [-0.4, -0.2) is 21.1 Å². The summed E-state index contributed by atoms with van der Waals surface area (Å²) >= 11 is 0. The fourth-order valence-corrected chi connectivity index (χ4v) is 5.11. The van der Waals surface area contributed by atoms with Crippen molar-refractivity contribution < 1.29 is 13.4 Å². The van der Waals surface area contributed by atoms with Gasteiger partial charge in [0.15, 0.2) is 0 Å². The molecule has 2 aromatic carbocycles. The Morgan fingerprint density at radius 3 is 2.57 bits per heavy atom. The van der Waals surface area contributed by atoms with Crippen LogP contribution < -0.4 is 10.0 Å². The van der Waals surface area contributed by atoms with Crippen molar-refractivity contribution in [3.05, 3.63) is 66.1 Å². The van der Waals surface area contributed by atoms with Crippen molar-refractivity contribution >= 4 is 27.8 Å². The van der Waals surface area contributed by atoms with Crippen molar-refractivity contribution in [2.24, 2.45) is 5.92 Å². The Kier molecular flexibility index (Phi) is 6.29. The summed E-state index contributed by atoms with van der Waals surface area (Å²) < 4.78 is 29.0. The second kappa shape index (κ2) is 9.10. The number of aromatic amines is 1. The zero-order valence-corrected chi connectivity index (χ0v) is 17.7. The molecule has 0 spiro atoms. The lowest BCUT2D eigenvalue weighted by Gasteiger charge is -2.29. The molecule has 4 rings (SSSR count). The van der Waals surface area contributed by atoms with Gasteiger partial charge in [-0.05, 0) is 74.6 Å². The molecule has 0 radical (unpaired) electrons. The topological polar surface area (TPSA) is 74.0 Å². The molecule has 1 aliphatic rings. The third kappa shape index (κ3) is 4.79. The van der Waals surface area contributed by atoms with Gasteiger partial charge in [0.25, 0.3) is 0 Å². The second-order valence-corrected chi connectivity index (χ2v) is 9.19. The molecule has 3 aromatic rings. The van der Waals surface area contributed by atoms with Crippen LogP contribution in [0.1, 0.15) is 44.2 Å². The third-order valence-electron chi connectivity index (χ3n) is 5.84. The Morgan fingerprint density at radius 2 is 1.83 bits per heavy atom. The molecule has 1 heterocycles. The summed E-state index contributed by atoms with van der Waals surface area (Å²) in [6.07, 6.45) is 5.00. The van der Waals surface area contributed by atoms with Gasteiger partial charge in [0.2, 0.25) is 5.91 Å². The van der Waals surface area contributed by atoms with Crippen molar-refractivity contribution in [3.8, 4) is 0 Å². The first-order chi connectivity index (χ1) is 14.5. The van der Waals surface area contributed by atoms with Gasteiger partial charge in [0.1, 0.15) is 16.8 Å². The number of amides is 1. The number of halogens is 1. The van der Waals surface area contributed by atoms with Crippen molar-refractivity contribution in [2.75, 3.05) is 0 Å². The van der Waals surface area contributed by atoms with Gasteiger partial charge in [-0.1, -0.05) is 12.1 Å². The lowest BCUT2D eigenvalue weighted by molar-refractivity contribution is -0.126. The first-order valence-corrected chi connectivity index (χ1v) is 11.5. The summed E-state index contributed by atoms with van der Waals surface area (Å²) in [5, 5.41) is 4.08. The molecule has 1 saturated carbocycles. The third-order valence-corrected chi connectivity index (χ3v) is 7.07. The van der Waals surface area contributed by atoms with Crippen molar-refractivity contribution in [1.29, 1.82) is 0 Å². The fraction of sp³-hybridized carbons (Fsp3) is 0.348. The van der Waals surface area contributed by atoms with Crippen LogP contribution in [0.15, 0.2) is 59.6 Å². The molecule has 1 aromatic heterocycles. The summed E-state index contributed by atoms with van der Waals surface area (Å²) in [7, 11) is -1.27. The van der Waals surface area contributed by atoms with E-state index in [1.807, 2.05) is 37.4 Å². The molecule has 2 atom stereocenters. The van der Waals surface area contributed by atoms with E-state index in [0.717, 1.165) is 47.0 Å². The Labute approximate surface area is 178 Å². The van der Waals surface area contributed by atoms with Gasteiger partial charge in [-0.25, -0.2) is 13.3 Å². The molecule has 0 aliphatic heterocycles. The van der Waals surface area contributed by atoms with E-state index >= 15 is 0 Å². The monoisotopic (exact) mass is 427 g/mol. The van der Waals surface area contributed by atoms with Crippen molar-refractivity contribution in [3.63, 3.8) is 0 Å². The van der Waals surface area contributed by atoms with Crippen LogP contribution in [-0.2, 0) is 15.8 Å². The largest absolute Gasteiger partial charge is 0.361 e. The van der Waals surface area contributed by atoms with Gasteiger partial charge >= 0.3 is 0 Å². The molecular weight excluding hydrogens is 401 g/mol. The average molecular weight is 428 g/mol. The predicted octanol–water partition coefficient (Wildman–Crippen LogP) is 4.36. The first-order valence-electron chi connectivity index (χ1n) is 10.3. The van der Waals surface area contributed by atoms with Crippen molar-refractivity contribution in [1.82, 2.24) is 15.0 Å². The minimum absolute atomic E-state index is 0.0318. The smallest absolute Gasteiger partial charge is 0.223 e. The second-order valence-electron chi connectivity index (χ2n) is 7.94. The molecule has 7 heteroatoms. The minimum atomic E-state index is -1.27. The van der Waals surface area contributed by atoms with Crippen LogP contribution in [0.3, 0.4) is 0 Å². The zero-order valence-electron chi connectivity index (χ0n) is 16.9. The number of benzene rings is 2. The molecule has 158 valence electrons. The van der Waals surface area contributed by atoms with Gasteiger partial charge in [-0.15, -0.1) is 0 Å². The van der Waals surface area contributed by atoms with E-state index in [9.17, 15) is 13.4 Å². The maximum Gasteiger partial charge on any atom is 0.223 e. The molecule has 0 bridgehead atoms. The summed E-state index contributed by atoms with van der Waals surface area (Å²) in [6, 6.07) is 13.9. The van der Waals surface area contributed by atoms with Gasteiger partial charge < -0.3 is 10.3 Å². The summed E-state index contributed by atoms with van der Waals surface area (Å²) in [4.78, 5) is 16.5. The van der Waals surface area contributed by atoms with E-state index in [0.29, 0.717) is 0 Å². The van der Waals surface area contributed by atoms with Crippen LogP contribution in [0.2, 0.25) is 0 Å². The zero-order chi connectivity index (χ0) is 21.1. The van der Waals surface area contributed by atoms with Crippen LogP contribution >= 0.6 is 0 Å². The quantitative estimate of drug-likeness (QED) is 0.547. The average Bonchev–Trinajstić information content (AvgIpc) is 3.22. The predicted molar refractivity (Wildman–Crippen MR) is 117 cm³/mol. The maximum absolute atomic E-state index is 13.1. The Morgan fingerprint density at radius 1 is 1.10 bits per heavy atom. The Balaban J connectivity index is 1.27. The van der Waals surface area contributed by atoms with Crippen LogP contribution in [0.4, 0.5) is 4.39 Å². The number of aromatic nitrogens is 1. The molecular formula is C23H26FN3O2S. The van der Waals surface area contributed by atoms with E-state index in [2.05, 4.69) is 15.0 Å². The number of H-pyrrole nitrogens is 1. The fourth-order valence-electron chi connectivity index (χ4n) is 4.01. The lowest BCUT2D eigenvalue weighted by Crippen LogP contribution is -2.39. The Hall–Kier alpha value is -2.51. The van der Waals surface area contributed by atoms with Crippen LogP contribution in [0.5, 0.6) is 0 Å². The van der Waals surface area contributed by atoms with E-state index in [1.54, 1.807) is 12.1 Å². The normalized spacial score (nSPS) is 21.3. The molecule has 1 aliphatic carbocycles. The highest BCUT2D eigenvalue weighted by Gasteiger charge is 2.28. The summed E-state index contributed by atoms with van der Waals surface area (Å²) in [5.74, 6) is -0.298. The molecule has 5 nitrogen and oxygen atoms in total. The number of fused-ring (bicyclic) bond motifs is 1.